The van der Waals surface area contributed by atoms with Crippen LogP contribution in [-0.2, 0) is 16.1 Å². The lowest BCUT2D eigenvalue weighted by Crippen LogP contribution is -2.35. The predicted molar refractivity (Wildman–Crippen MR) is 57.1 cm³/mol. The molecule has 0 aromatic carbocycles. The van der Waals surface area contributed by atoms with Crippen molar-refractivity contribution in [1.82, 2.24) is 15.6 Å². The highest BCUT2D eigenvalue weighted by Gasteiger charge is 2.30. The monoisotopic (exact) mass is 255 g/mol. The first-order chi connectivity index (χ1) is 8.58. The Labute approximate surface area is 102 Å². The van der Waals surface area contributed by atoms with Crippen molar-refractivity contribution in [2.45, 2.75) is 13.0 Å². The Morgan fingerprint density at radius 2 is 2.28 bits per heavy atom. The molecule has 0 spiro atoms. The summed E-state index contributed by atoms with van der Waals surface area (Å²) in [6.45, 7) is 0.338. The molecular weight excluding hydrogens is 244 g/mol. The van der Waals surface area contributed by atoms with Crippen LogP contribution in [-0.4, -0.2) is 23.3 Å². The number of nitrogens with zero attached hydrogens (tertiary/aromatic N) is 1. The van der Waals surface area contributed by atoms with E-state index >= 15 is 0 Å². The van der Waals surface area contributed by atoms with E-state index in [9.17, 15) is 18.4 Å². The van der Waals surface area contributed by atoms with Crippen molar-refractivity contribution >= 4 is 11.8 Å². The molecule has 2 rings (SSSR count). The summed E-state index contributed by atoms with van der Waals surface area (Å²) in [5, 5.41) is 4.96. The summed E-state index contributed by atoms with van der Waals surface area (Å²) < 4.78 is 25.7. The van der Waals surface area contributed by atoms with Crippen LogP contribution in [0, 0.1) is 17.8 Å². The molecule has 1 aromatic rings. The van der Waals surface area contributed by atoms with E-state index < -0.39 is 23.7 Å². The number of nitrogens with one attached hydrogen (secondary N) is 2. The highest BCUT2D eigenvalue weighted by Crippen LogP contribution is 2.10. The lowest BCUT2D eigenvalue weighted by Gasteiger charge is -2.09. The number of carbonyl (C=O) groups excluding carboxylic acids is 2. The largest absolute Gasteiger partial charge is 0.355 e. The van der Waals surface area contributed by atoms with Crippen LogP contribution in [0.4, 0.5) is 8.78 Å². The van der Waals surface area contributed by atoms with Crippen LogP contribution in [0.2, 0.25) is 0 Å². The summed E-state index contributed by atoms with van der Waals surface area (Å²) in [6.07, 6.45) is 0.425. The van der Waals surface area contributed by atoms with Crippen molar-refractivity contribution in [3.63, 3.8) is 0 Å². The molecule has 2 heterocycles. The molecule has 96 valence electrons. The standard InChI is InChI=1S/C11H11F2N3O2/c12-8-2-1-6(9(13)16-8)5-15-11(18)7-3-4-14-10(7)17/h1-2,7H,3-5H2,(H,14,17)(H,15,18). The molecule has 1 atom stereocenters. The number of pyridine rings is 1. The molecule has 1 aromatic heterocycles. The zero-order chi connectivity index (χ0) is 13.1. The van der Waals surface area contributed by atoms with E-state index in [2.05, 4.69) is 15.6 Å². The van der Waals surface area contributed by atoms with Gasteiger partial charge in [0, 0.05) is 18.7 Å². The maximum atomic E-state index is 13.2. The molecule has 1 saturated heterocycles. The van der Waals surface area contributed by atoms with Crippen LogP contribution in [0.5, 0.6) is 0 Å². The molecule has 2 amide bonds. The van der Waals surface area contributed by atoms with Gasteiger partial charge in [0.15, 0.2) is 0 Å². The van der Waals surface area contributed by atoms with Crippen molar-refractivity contribution in [2.24, 2.45) is 5.92 Å². The molecule has 18 heavy (non-hydrogen) atoms. The zero-order valence-corrected chi connectivity index (χ0v) is 9.37. The van der Waals surface area contributed by atoms with Gasteiger partial charge in [-0.05, 0) is 18.6 Å². The molecule has 1 fully saturated rings. The molecule has 0 saturated carbocycles. The molecule has 5 nitrogen and oxygen atoms in total. The number of aromatic nitrogens is 1. The Morgan fingerprint density at radius 1 is 1.50 bits per heavy atom. The number of amides is 2. The minimum atomic E-state index is -0.967. The SMILES string of the molecule is O=C1NCCC1C(=O)NCc1ccc(F)nc1F. The van der Waals surface area contributed by atoms with Crippen molar-refractivity contribution in [3.8, 4) is 0 Å². The fraction of sp³-hybridized carbons (Fsp3) is 0.364. The molecule has 2 N–H and O–H groups in total. The summed E-state index contributed by atoms with van der Waals surface area (Å²) in [6, 6.07) is 2.21. The van der Waals surface area contributed by atoms with Gasteiger partial charge >= 0.3 is 0 Å². The maximum absolute atomic E-state index is 13.2. The summed E-state index contributed by atoms with van der Waals surface area (Å²) in [5.41, 5.74) is 0.0724. The van der Waals surface area contributed by atoms with E-state index in [1.807, 2.05) is 0 Å². The third-order valence-corrected chi connectivity index (χ3v) is 2.71. The Morgan fingerprint density at radius 3 is 2.89 bits per heavy atom. The van der Waals surface area contributed by atoms with Gasteiger partial charge in [-0.25, -0.2) is 0 Å². The van der Waals surface area contributed by atoms with E-state index in [-0.39, 0.29) is 18.0 Å². The predicted octanol–water partition coefficient (Wildman–Crippen LogP) is 0.112. The Kier molecular flexibility index (Phi) is 3.50. The van der Waals surface area contributed by atoms with Crippen molar-refractivity contribution in [2.75, 3.05) is 6.54 Å². The molecule has 1 unspecified atom stereocenters. The van der Waals surface area contributed by atoms with E-state index in [0.29, 0.717) is 13.0 Å². The first kappa shape index (κ1) is 12.4. The smallest absolute Gasteiger partial charge is 0.232 e. The topological polar surface area (TPSA) is 71.1 Å². The molecule has 1 aliphatic heterocycles. The molecule has 0 aliphatic carbocycles. The highest BCUT2D eigenvalue weighted by molar-refractivity contribution is 6.01. The van der Waals surface area contributed by atoms with Gasteiger partial charge in [0.1, 0.15) is 5.92 Å². The molecule has 1 aliphatic rings. The van der Waals surface area contributed by atoms with E-state index in [1.54, 1.807) is 0 Å². The van der Waals surface area contributed by atoms with Gasteiger partial charge in [0.25, 0.3) is 0 Å². The molecule has 0 bridgehead atoms. The summed E-state index contributed by atoms with van der Waals surface area (Å²) in [7, 11) is 0. The van der Waals surface area contributed by atoms with Crippen LogP contribution in [0.15, 0.2) is 12.1 Å². The minimum Gasteiger partial charge on any atom is -0.355 e. The van der Waals surface area contributed by atoms with E-state index in [4.69, 9.17) is 0 Å². The first-order valence-corrected chi connectivity index (χ1v) is 5.44. The van der Waals surface area contributed by atoms with Gasteiger partial charge in [0.2, 0.25) is 23.7 Å². The average Bonchev–Trinajstić information content (AvgIpc) is 2.74. The third-order valence-electron chi connectivity index (χ3n) is 2.71. The second-order valence-electron chi connectivity index (χ2n) is 3.93. The zero-order valence-electron chi connectivity index (χ0n) is 9.37. The fourth-order valence-corrected chi connectivity index (χ4v) is 1.72. The Balaban J connectivity index is 1.95. The highest BCUT2D eigenvalue weighted by atomic mass is 19.1. The van der Waals surface area contributed by atoms with Crippen molar-refractivity contribution < 1.29 is 18.4 Å². The van der Waals surface area contributed by atoms with Gasteiger partial charge in [-0.15, -0.1) is 0 Å². The molecule has 7 heteroatoms. The van der Waals surface area contributed by atoms with Gasteiger partial charge < -0.3 is 10.6 Å². The van der Waals surface area contributed by atoms with Gasteiger partial charge in [-0.2, -0.15) is 13.8 Å². The number of rotatable bonds is 3. The molecular formula is C11H11F2N3O2. The summed E-state index contributed by atoms with van der Waals surface area (Å²) in [4.78, 5) is 25.8. The van der Waals surface area contributed by atoms with Crippen LogP contribution >= 0.6 is 0 Å². The summed E-state index contributed by atoms with van der Waals surface area (Å²) in [5.74, 6) is -3.41. The van der Waals surface area contributed by atoms with E-state index in [0.717, 1.165) is 6.07 Å². The quantitative estimate of drug-likeness (QED) is 0.595. The Bertz CT molecular complexity index is 493. The molecule has 0 radical (unpaired) electrons. The van der Waals surface area contributed by atoms with Crippen molar-refractivity contribution in [1.29, 1.82) is 0 Å². The lowest BCUT2D eigenvalue weighted by atomic mass is 10.1. The average molecular weight is 255 g/mol. The number of hydrogen-bond acceptors (Lipinski definition) is 3. The Hall–Kier alpha value is -2.05. The second-order valence-corrected chi connectivity index (χ2v) is 3.93. The number of hydrogen-bond donors (Lipinski definition) is 2. The number of carbonyl (C=O) groups is 2. The number of halogens is 2. The normalized spacial score (nSPS) is 18.6. The van der Waals surface area contributed by atoms with Gasteiger partial charge in [-0.1, -0.05) is 0 Å². The fourth-order valence-electron chi connectivity index (χ4n) is 1.72. The van der Waals surface area contributed by atoms with Gasteiger partial charge in [-0.3, -0.25) is 9.59 Å². The van der Waals surface area contributed by atoms with Gasteiger partial charge in [0.05, 0.1) is 0 Å². The van der Waals surface area contributed by atoms with Crippen LogP contribution in [0.3, 0.4) is 0 Å². The second kappa shape index (κ2) is 5.07. The first-order valence-electron chi connectivity index (χ1n) is 5.44. The third kappa shape index (κ3) is 2.61. The summed E-state index contributed by atoms with van der Waals surface area (Å²) >= 11 is 0. The van der Waals surface area contributed by atoms with Crippen LogP contribution in [0.25, 0.3) is 0 Å². The lowest BCUT2D eigenvalue weighted by molar-refractivity contribution is -0.133. The van der Waals surface area contributed by atoms with Crippen LogP contribution < -0.4 is 10.6 Å². The van der Waals surface area contributed by atoms with Crippen LogP contribution in [0.1, 0.15) is 12.0 Å². The van der Waals surface area contributed by atoms with E-state index in [1.165, 1.54) is 6.07 Å². The van der Waals surface area contributed by atoms with Crippen molar-refractivity contribution in [3.05, 3.63) is 29.6 Å². The maximum Gasteiger partial charge on any atom is 0.232 e. The minimum absolute atomic E-state index is 0.0724.